The van der Waals surface area contributed by atoms with Crippen molar-refractivity contribution in [1.82, 2.24) is 5.32 Å². The molecule has 1 N–H and O–H groups in total. The van der Waals surface area contributed by atoms with Crippen LogP contribution in [0.1, 0.15) is 24.3 Å². The number of benzene rings is 1. The molecule has 1 nitrogen and oxygen atoms in total. The molecule has 3 atom stereocenters. The molecule has 1 saturated carbocycles. The van der Waals surface area contributed by atoms with Gasteiger partial charge in [0, 0.05) is 12.5 Å². The lowest BCUT2D eigenvalue weighted by atomic mass is 9.95. The smallest absolute Gasteiger partial charge is 0.128 e. The number of nitrogens with one attached hydrogen (secondary N) is 1. The van der Waals surface area contributed by atoms with Gasteiger partial charge in [-0.3, -0.25) is 0 Å². The van der Waals surface area contributed by atoms with Crippen LogP contribution in [0.2, 0.25) is 0 Å². The van der Waals surface area contributed by atoms with Crippen LogP contribution in [0.5, 0.6) is 0 Å². The number of hydrogen-bond donors (Lipinski definition) is 1. The molecule has 1 aliphatic carbocycles. The van der Waals surface area contributed by atoms with Gasteiger partial charge in [-0.05, 0) is 30.9 Å². The third-order valence-electron chi connectivity index (χ3n) is 3.82. The van der Waals surface area contributed by atoms with Crippen LogP contribution < -0.4 is 5.32 Å². The first-order chi connectivity index (χ1) is 7.30. The standard InChI is InChI=1S/C13H16FN/c14-13(6-7-15-9-13)12-8-11(12)10-4-2-1-3-5-10/h1-5,11-12,15H,6-9H2. The lowest BCUT2D eigenvalue weighted by Crippen LogP contribution is -2.29. The number of halogens is 1. The first-order valence-electron chi connectivity index (χ1n) is 5.74. The minimum atomic E-state index is -0.930. The largest absolute Gasteiger partial charge is 0.313 e. The molecule has 1 aromatic carbocycles. The van der Waals surface area contributed by atoms with Crippen LogP contribution in [0.3, 0.4) is 0 Å². The van der Waals surface area contributed by atoms with Crippen molar-refractivity contribution >= 4 is 0 Å². The molecule has 0 amide bonds. The predicted octanol–water partition coefficient (Wildman–Crippen LogP) is 2.49. The topological polar surface area (TPSA) is 12.0 Å². The summed E-state index contributed by atoms with van der Waals surface area (Å²) in [6.07, 6.45) is 1.73. The van der Waals surface area contributed by atoms with Gasteiger partial charge in [-0.1, -0.05) is 30.3 Å². The Morgan fingerprint density at radius 2 is 2.07 bits per heavy atom. The minimum Gasteiger partial charge on any atom is -0.313 e. The average molecular weight is 205 g/mol. The summed E-state index contributed by atoms with van der Waals surface area (Å²) in [6, 6.07) is 10.3. The van der Waals surface area contributed by atoms with E-state index in [1.54, 1.807) is 0 Å². The lowest BCUT2D eigenvalue weighted by Gasteiger charge is -2.18. The van der Waals surface area contributed by atoms with Gasteiger partial charge in [-0.15, -0.1) is 0 Å². The number of rotatable bonds is 2. The van der Waals surface area contributed by atoms with Crippen LogP contribution in [0.15, 0.2) is 30.3 Å². The van der Waals surface area contributed by atoms with Crippen LogP contribution in [-0.2, 0) is 0 Å². The van der Waals surface area contributed by atoms with E-state index in [0.717, 1.165) is 13.0 Å². The SMILES string of the molecule is FC1(C2CC2c2ccccc2)CCNC1. The summed E-state index contributed by atoms with van der Waals surface area (Å²) in [5, 5.41) is 3.13. The van der Waals surface area contributed by atoms with Gasteiger partial charge in [0.15, 0.2) is 0 Å². The fourth-order valence-corrected chi connectivity index (χ4v) is 2.83. The summed E-state index contributed by atoms with van der Waals surface area (Å²) < 4.78 is 14.4. The van der Waals surface area contributed by atoms with Crippen molar-refractivity contribution in [2.45, 2.75) is 24.4 Å². The van der Waals surface area contributed by atoms with E-state index in [4.69, 9.17) is 0 Å². The molecule has 0 bridgehead atoms. The molecule has 2 heteroatoms. The predicted molar refractivity (Wildman–Crippen MR) is 58.6 cm³/mol. The Morgan fingerprint density at radius 1 is 1.27 bits per heavy atom. The van der Waals surface area contributed by atoms with Crippen LogP contribution >= 0.6 is 0 Å². The van der Waals surface area contributed by atoms with E-state index in [2.05, 4.69) is 17.4 Å². The maximum atomic E-state index is 14.4. The zero-order valence-corrected chi connectivity index (χ0v) is 8.75. The second-order valence-electron chi connectivity index (χ2n) is 4.82. The van der Waals surface area contributed by atoms with Crippen molar-refractivity contribution in [2.75, 3.05) is 13.1 Å². The molecule has 3 unspecified atom stereocenters. The van der Waals surface area contributed by atoms with Gasteiger partial charge < -0.3 is 5.32 Å². The Bertz CT molecular complexity index is 343. The summed E-state index contributed by atoms with van der Waals surface area (Å²) >= 11 is 0. The molecule has 1 aliphatic heterocycles. The molecular weight excluding hydrogens is 189 g/mol. The molecule has 1 aromatic rings. The van der Waals surface area contributed by atoms with Crippen molar-refractivity contribution in [3.8, 4) is 0 Å². The molecular formula is C13H16FN. The molecule has 2 fully saturated rings. The first kappa shape index (κ1) is 9.34. The molecule has 1 heterocycles. The summed E-state index contributed by atoms with van der Waals surface area (Å²) in [5.74, 6) is 0.728. The fraction of sp³-hybridized carbons (Fsp3) is 0.538. The van der Waals surface area contributed by atoms with Crippen molar-refractivity contribution < 1.29 is 4.39 Å². The van der Waals surface area contributed by atoms with E-state index >= 15 is 0 Å². The average Bonchev–Trinajstić information content (AvgIpc) is 2.98. The molecule has 1 saturated heterocycles. The molecule has 0 radical (unpaired) electrons. The minimum absolute atomic E-state index is 0.259. The van der Waals surface area contributed by atoms with Gasteiger partial charge in [-0.25, -0.2) is 4.39 Å². The summed E-state index contributed by atoms with van der Waals surface area (Å²) in [5.41, 5.74) is 0.381. The maximum Gasteiger partial charge on any atom is 0.128 e. The maximum absolute atomic E-state index is 14.4. The van der Waals surface area contributed by atoms with Crippen molar-refractivity contribution in [1.29, 1.82) is 0 Å². The first-order valence-corrected chi connectivity index (χ1v) is 5.74. The van der Waals surface area contributed by atoms with Gasteiger partial charge in [0.1, 0.15) is 5.67 Å². The molecule has 80 valence electrons. The van der Waals surface area contributed by atoms with Crippen LogP contribution in [0, 0.1) is 5.92 Å². The second kappa shape index (κ2) is 3.31. The van der Waals surface area contributed by atoms with E-state index in [9.17, 15) is 4.39 Å². The number of alkyl halides is 1. The highest BCUT2D eigenvalue weighted by atomic mass is 19.1. The lowest BCUT2D eigenvalue weighted by molar-refractivity contribution is 0.155. The van der Waals surface area contributed by atoms with Crippen molar-refractivity contribution in [3.63, 3.8) is 0 Å². The van der Waals surface area contributed by atoms with E-state index in [1.807, 2.05) is 18.2 Å². The normalized spacial score (nSPS) is 39.3. The Labute approximate surface area is 89.7 Å². The highest BCUT2D eigenvalue weighted by Crippen LogP contribution is 2.56. The summed E-state index contributed by atoms with van der Waals surface area (Å²) in [7, 11) is 0. The van der Waals surface area contributed by atoms with Gasteiger partial charge in [-0.2, -0.15) is 0 Å². The Balaban J connectivity index is 1.74. The van der Waals surface area contributed by atoms with Gasteiger partial charge >= 0.3 is 0 Å². The van der Waals surface area contributed by atoms with Crippen molar-refractivity contribution in [2.24, 2.45) is 5.92 Å². The van der Waals surface area contributed by atoms with Crippen LogP contribution in [-0.4, -0.2) is 18.8 Å². The second-order valence-corrected chi connectivity index (χ2v) is 4.82. The van der Waals surface area contributed by atoms with Crippen LogP contribution in [0.25, 0.3) is 0 Å². The van der Waals surface area contributed by atoms with Gasteiger partial charge in [0.2, 0.25) is 0 Å². The Kier molecular flexibility index (Phi) is 2.06. The van der Waals surface area contributed by atoms with E-state index in [-0.39, 0.29) is 5.92 Å². The monoisotopic (exact) mass is 205 g/mol. The van der Waals surface area contributed by atoms with E-state index < -0.39 is 5.67 Å². The van der Waals surface area contributed by atoms with E-state index in [0.29, 0.717) is 18.9 Å². The molecule has 3 rings (SSSR count). The molecule has 0 spiro atoms. The Morgan fingerprint density at radius 3 is 2.73 bits per heavy atom. The highest BCUT2D eigenvalue weighted by molar-refractivity contribution is 5.28. The molecule has 2 aliphatic rings. The fourth-order valence-electron chi connectivity index (χ4n) is 2.83. The zero-order chi connectivity index (χ0) is 10.3. The summed E-state index contributed by atoms with van der Waals surface area (Å²) in [4.78, 5) is 0. The summed E-state index contributed by atoms with van der Waals surface area (Å²) in [6.45, 7) is 1.40. The van der Waals surface area contributed by atoms with Gasteiger partial charge in [0.05, 0.1) is 0 Å². The van der Waals surface area contributed by atoms with Crippen molar-refractivity contribution in [3.05, 3.63) is 35.9 Å². The highest BCUT2D eigenvalue weighted by Gasteiger charge is 2.54. The third kappa shape index (κ3) is 1.57. The quantitative estimate of drug-likeness (QED) is 0.782. The number of hydrogen-bond acceptors (Lipinski definition) is 1. The van der Waals surface area contributed by atoms with Crippen LogP contribution in [0.4, 0.5) is 4.39 Å². The van der Waals surface area contributed by atoms with E-state index in [1.165, 1.54) is 5.56 Å². The third-order valence-corrected chi connectivity index (χ3v) is 3.82. The molecule has 15 heavy (non-hydrogen) atoms. The Hall–Kier alpha value is -0.890. The zero-order valence-electron chi connectivity index (χ0n) is 8.75. The van der Waals surface area contributed by atoms with Gasteiger partial charge in [0.25, 0.3) is 0 Å². The molecule has 0 aromatic heterocycles.